The predicted octanol–water partition coefficient (Wildman–Crippen LogP) is 0.134. The fourth-order valence-electron chi connectivity index (χ4n) is 2.51. The largest absolute Gasteiger partial charge is 0.393 e. The third-order valence-electron chi connectivity index (χ3n) is 3.81. The molecule has 0 unspecified atom stereocenters. The van der Waals surface area contributed by atoms with Crippen LogP contribution in [0.25, 0.3) is 0 Å². The standard InChI is InChI=1S/C12H19N3O2S/c1-2-14-5-6-15(11(17)10(14)16)8-12(3-4-12)7-9(13)18/h2-8H2,1H3,(H2,13,18). The minimum atomic E-state index is -0.380. The molecule has 5 nitrogen and oxygen atoms in total. The molecule has 0 bridgehead atoms. The van der Waals surface area contributed by atoms with Gasteiger partial charge in [0, 0.05) is 32.6 Å². The highest BCUT2D eigenvalue weighted by atomic mass is 32.1. The molecule has 18 heavy (non-hydrogen) atoms. The summed E-state index contributed by atoms with van der Waals surface area (Å²) in [7, 11) is 0. The SMILES string of the molecule is CCN1CCN(CC2(CC(N)=S)CC2)C(=O)C1=O. The van der Waals surface area contributed by atoms with Crippen molar-refractivity contribution in [3.05, 3.63) is 0 Å². The van der Waals surface area contributed by atoms with Gasteiger partial charge in [0.15, 0.2) is 0 Å². The Hall–Kier alpha value is -1.17. The van der Waals surface area contributed by atoms with Gasteiger partial charge in [-0.3, -0.25) is 9.59 Å². The van der Waals surface area contributed by atoms with Crippen LogP contribution in [0.15, 0.2) is 0 Å². The van der Waals surface area contributed by atoms with Crippen LogP contribution in [-0.2, 0) is 9.59 Å². The highest BCUT2D eigenvalue weighted by Gasteiger charge is 2.46. The molecule has 100 valence electrons. The van der Waals surface area contributed by atoms with Crippen LogP contribution in [0.4, 0.5) is 0 Å². The third kappa shape index (κ3) is 2.63. The second-order valence-corrected chi connectivity index (χ2v) is 5.78. The molecule has 0 aromatic heterocycles. The summed E-state index contributed by atoms with van der Waals surface area (Å²) in [6, 6.07) is 0. The molecule has 0 atom stereocenters. The summed E-state index contributed by atoms with van der Waals surface area (Å²) in [5.74, 6) is -0.757. The number of nitrogens with zero attached hydrogens (tertiary/aromatic N) is 2. The first-order valence-corrected chi connectivity index (χ1v) is 6.75. The summed E-state index contributed by atoms with van der Waals surface area (Å²) in [4.78, 5) is 27.5. The number of nitrogens with two attached hydrogens (primary N) is 1. The van der Waals surface area contributed by atoms with Crippen LogP contribution < -0.4 is 5.73 Å². The number of hydrogen-bond donors (Lipinski definition) is 1. The normalized spacial score (nSPS) is 22.3. The quantitative estimate of drug-likeness (QED) is 0.569. The zero-order valence-corrected chi connectivity index (χ0v) is 11.5. The summed E-state index contributed by atoms with van der Waals surface area (Å²) in [6.45, 7) is 4.35. The topological polar surface area (TPSA) is 66.6 Å². The van der Waals surface area contributed by atoms with Crippen LogP contribution in [0.5, 0.6) is 0 Å². The van der Waals surface area contributed by atoms with Crippen molar-refractivity contribution in [1.29, 1.82) is 0 Å². The first kappa shape index (κ1) is 13.3. The van der Waals surface area contributed by atoms with Gasteiger partial charge in [-0.25, -0.2) is 0 Å². The van der Waals surface area contributed by atoms with Crippen LogP contribution in [0, 0.1) is 5.41 Å². The Morgan fingerprint density at radius 2 is 1.83 bits per heavy atom. The number of carbonyl (C=O) groups is 2. The third-order valence-corrected chi connectivity index (χ3v) is 3.96. The van der Waals surface area contributed by atoms with E-state index < -0.39 is 0 Å². The Balaban J connectivity index is 1.97. The highest BCUT2D eigenvalue weighted by molar-refractivity contribution is 7.80. The van der Waals surface area contributed by atoms with E-state index in [-0.39, 0.29) is 17.2 Å². The average Bonchev–Trinajstić information content (AvgIpc) is 3.04. The molecule has 0 aromatic rings. The maximum Gasteiger partial charge on any atom is 0.312 e. The molecule has 1 saturated heterocycles. The molecule has 0 aromatic carbocycles. The molecule has 2 rings (SSSR count). The Labute approximate surface area is 112 Å². The molecule has 2 aliphatic rings. The Kier molecular flexibility index (Phi) is 3.56. The van der Waals surface area contributed by atoms with E-state index in [1.807, 2.05) is 6.92 Å². The smallest absolute Gasteiger partial charge is 0.312 e. The molecule has 2 fully saturated rings. The van der Waals surface area contributed by atoms with Crippen molar-refractivity contribution in [2.45, 2.75) is 26.2 Å². The molecule has 6 heteroatoms. The van der Waals surface area contributed by atoms with Gasteiger partial charge < -0.3 is 15.5 Å². The number of rotatable bonds is 5. The number of thiocarbonyl (C=S) groups is 1. The van der Waals surface area contributed by atoms with Crippen LogP contribution in [0.3, 0.4) is 0 Å². The predicted molar refractivity (Wildman–Crippen MR) is 71.9 cm³/mol. The van der Waals surface area contributed by atoms with Crippen LogP contribution in [0.2, 0.25) is 0 Å². The Morgan fingerprint density at radius 3 is 2.33 bits per heavy atom. The summed E-state index contributed by atoms with van der Waals surface area (Å²) in [6.07, 6.45) is 2.76. The van der Waals surface area contributed by atoms with E-state index in [4.69, 9.17) is 18.0 Å². The number of likely N-dealkylation sites (N-methyl/N-ethyl adjacent to an activating group) is 1. The van der Waals surface area contributed by atoms with E-state index in [0.29, 0.717) is 37.6 Å². The minimum Gasteiger partial charge on any atom is -0.393 e. The number of piperazine rings is 1. The summed E-state index contributed by atoms with van der Waals surface area (Å²) >= 11 is 4.94. The molecule has 1 aliphatic heterocycles. The van der Waals surface area contributed by atoms with Crippen LogP contribution in [0.1, 0.15) is 26.2 Å². The Bertz CT molecular complexity index is 393. The lowest BCUT2D eigenvalue weighted by Crippen LogP contribution is -2.55. The van der Waals surface area contributed by atoms with Crippen molar-refractivity contribution in [2.75, 3.05) is 26.2 Å². The van der Waals surface area contributed by atoms with Crippen molar-refractivity contribution in [2.24, 2.45) is 11.1 Å². The van der Waals surface area contributed by atoms with E-state index in [1.165, 1.54) is 0 Å². The molecule has 1 saturated carbocycles. The van der Waals surface area contributed by atoms with E-state index in [9.17, 15) is 9.59 Å². The number of amides is 2. The fraction of sp³-hybridized carbons (Fsp3) is 0.750. The van der Waals surface area contributed by atoms with Gasteiger partial charge in [-0.2, -0.15) is 0 Å². The van der Waals surface area contributed by atoms with Gasteiger partial charge in [0.2, 0.25) is 0 Å². The van der Waals surface area contributed by atoms with Crippen molar-refractivity contribution >= 4 is 29.0 Å². The van der Waals surface area contributed by atoms with Gasteiger partial charge in [-0.1, -0.05) is 12.2 Å². The van der Waals surface area contributed by atoms with E-state index in [1.54, 1.807) is 9.80 Å². The zero-order chi connectivity index (χ0) is 13.3. The molecular weight excluding hydrogens is 250 g/mol. The van der Waals surface area contributed by atoms with E-state index in [0.717, 1.165) is 12.8 Å². The maximum absolute atomic E-state index is 12.0. The van der Waals surface area contributed by atoms with Gasteiger partial charge in [0.25, 0.3) is 0 Å². The first-order valence-electron chi connectivity index (χ1n) is 6.34. The van der Waals surface area contributed by atoms with E-state index in [2.05, 4.69) is 0 Å². The minimum absolute atomic E-state index is 0.0517. The number of carbonyl (C=O) groups excluding carboxylic acids is 2. The monoisotopic (exact) mass is 269 g/mol. The molecular formula is C12H19N3O2S. The highest BCUT2D eigenvalue weighted by Crippen LogP contribution is 2.49. The summed E-state index contributed by atoms with van der Waals surface area (Å²) in [5.41, 5.74) is 5.63. The van der Waals surface area contributed by atoms with Crippen molar-refractivity contribution in [1.82, 2.24) is 9.80 Å². The molecule has 1 aliphatic carbocycles. The Morgan fingerprint density at radius 1 is 1.28 bits per heavy atom. The lowest BCUT2D eigenvalue weighted by atomic mass is 10.0. The van der Waals surface area contributed by atoms with Crippen molar-refractivity contribution in [3.63, 3.8) is 0 Å². The maximum atomic E-state index is 12.0. The van der Waals surface area contributed by atoms with Gasteiger partial charge in [0.05, 0.1) is 4.99 Å². The van der Waals surface area contributed by atoms with Gasteiger partial charge >= 0.3 is 11.8 Å². The second kappa shape index (κ2) is 4.84. The second-order valence-electron chi connectivity index (χ2n) is 5.25. The lowest BCUT2D eigenvalue weighted by molar-refractivity contribution is -0.156. The fourth-order valence-corrected chi connectivity index (χ4v) is 2.82. The first-order chi connectivity index (χ1) is 8.47. The van der Waals surface area contributed by atoms with Gasteiger partial charge in [0.1, 0.15) is 0 Å². The molecule has 2 N–H and O–H groups in total. The molecule has 0 spiro atoms. The molecule has 0 radical (unpaired) electrons. The summed E-state index contributed by atoms with van der Waals surface area (Å²) in [5, 5.41) is 0. The van der Waals surface area contributed by atoms with Crippen molar-refractivity contribution < 1.29 is 9.59 Å². The van der Waals surface area contributed by atoms with E-state index >= 15 is 0 Å². The molecule has 2 amide bonds. The zero-order valence-electron chi connectivity index (χ0n) is 10.6. The van der Waals surface area contributed by atoms with Crippen LogP contribution >= 0.6 is 12.2 Å². The lowest BCUT2D eigenvalue weighted by Gasteiger charge is -2.35. The van der Waals surface area contributed by atoms with Gasteiger partial charge in [-0.15, -0.1) is 0 Å². The molecule has 1 heterocycles. The number of hydrogen-bond acceptors (Lipinski definition) is 3. The summed E-state index contributed by atoms with van der Waals surface area (Å²) < 4.78 is 0. The average molecular weight is 269 g/mol. The van der Waals surface area contributed by atoms with Crippen LogP contribution in [-0.4, -0.2) is 52.8 Å². The van der Waals surface area contributed by atoms with Gasteiger partial charge in [-0.05, 0) is 25.2 Å². The van der Waals surface area contributed by atoms with Crippen molar-refractivity contribution in [3.8, 4) is 0 Å².